The largest absolute Gasteiger partial charge is 0.463 e. The van der Waals surface area contributed by atoms with Crippen molar-refractivity contribution < 1.29 is 14.3 Å². The smallest absolute Gasteiger partial charge is 0.310 e. The van der Waals surface area contributed by atoms with Crippen LogP contribution in [0.5, 0.6) is 0 Å². The maximum Gasteiger partial charge on any atom is 0.310 e. The van der Waals surface area contributed by atoms with E-state index in [0.29, 0.717) is 28.9 Å². The third kappa shape index (κ3) is 4.38. The highest BCUT2D eigenvalue weighted by molar-refractivity contribution is 6.39. The molecule has 0 spiro atoms. The molecule has 2 aromatic carbocycles. The molecule has 3 rings (SSSR count). The minimum atomic E-state index is -0.292. The molecular weight excluding hydrogens is 337 g/mol. The SMILES string of the molecule is O=C(Cc1ccccc1Nc1c(Cl)cccc1Cl)OCC1CO1. The molecule has 6 heteroatoms. The Morgan fingerprint density at radius 3 is 2.57 bits per heavy atom. The molecule has 1 unspecified atom stereocenters. The molecule has 0 bridgehead atoms. The van der Waals surface area contributed by atoms with E-state index >= 15 is 0 Å². The Bertz CT molecular complexity index is 696. The summed E-state index contributed by atoms with van der Waals surface area (Å²) in [5, 5.41) is 4.22. The van der Waals surface area contributed by atoms with Crippen molar-refractivity contribution in [2.75, 3.05) is 18.5 Å². The van der Waals surface area contributed by atoms with Gasteiger partial charge in [0.15, 0.2) is 0 Å². The zero-order valence-electron chi connectivity index (χ0n) is 12.2. The van der Waals surface area contributed by atoms with E-state index in [0.717, 1.165) is 11.3 Å². The lowest BCUT2D eigenvalue weighted by Gasteiger charge is -2.14. The van der Waals surface area contributed by atoms with Gasteiger partial charge in [0.2, 0.25) is 0 Å². The van der Waals surface area contributed by atoms with E-state index in [1.165, 1.54) is 0 Å². The van der Waals surface area contributed by atoms with Crippen LogP contribution in [-0.4, -0.2) is 25.3 Å². The summed E-state index contributed by atoms with van der Waals surface area (Å²) in [4.78, 5) is 11.9. The van der Waals surface area contributed by atoms with Crippen LogP contribution in [-0.2, 0) is 20.7 Å². The van der Waals surface area contributed by atoms with Crippen molar-refractivity contribution in [1.29, 1.82) is 0 Å². The van der Waals surface area contributed by atoms with Crippen LogP contribution >= 0.6 is 23.2 Å². The van der Waals surface area contributed by atoms with Crippen LogP contribution in [0.3, 0.4) is 0 Å². The summed E-state index contributed by atoms with van der Waals surface area (Å²) in [5.41, 5.74) is 2.19. The van der Waals surface area contributed by atoms with E-state index in [2.05, 4.69) is 5.32 Å². The summed E-state index contributed by atoms with van der Waals surface area (Å²) in [6.45, 7) is 0.973. The highest BCUT2D eigenvalue weighted by Crippen LogP contribution is 2.33. The van der Waals surface area contributed by atoms with Crippen LogP contribution in [0.15, 0.2) is 42.5 Å². The standard InChI is InChI=1S/C17H15Cl2NO3/c18-13-5-3-6-14(19)17(13)20-15-7-2-1-4-11(15)8-16(21)23-10-12-9-22-12/h1-7,12,20H,8-10H2. The molecule has 4 nitrogen and oxygen atoms in total. The van der Waals surface area contributed by atoms with Gasteiger partial charge in [-0.2, -0.15) is 0 Å². The van der Waals surface area contributed by atoms with E-state index in [9.17, 15) is 4.79 Å². The molecule has 1 N–H and O–H groups in total. The van der Waals surface area contributed by atoms with Gasteiger partial charge in [-0.3, -0.25) is 4.79 Å². The Balaban J connectivity index is 1.73. The normalized spacial score (nSPS) is 16.0. The molecule has 23 heavy (non-hydrogen) atoms. The molecule has 2 aromatic rings. The van der Waals surface area contributed by atoms with Crippen LogP contribution in [0.4, 0.5) is 11.4 Å². The van der Waals surface area contributed by atoms with Gasteiger partial charge in [-0.1, -0.05) is 47.5 Å². The maximum absolute atomic E-state index is 11.9. The first-order valence-electron chi connectivity index (χ1n) is 7.19. The van der Waals surface area contributed by atoms with E-state index in [4.69, 9.17) is 32.7 Å². The van der Waals surface area contributed by atoms with Crippen molar-refractivity contribution in [3.05, 3.63) is 58.1 Å². The lowest BCUT2D eigenvalue weighted by Crippen LogP contribution is -2.13. The third-order valence-electron chi connectivity index (χ3n) is 3.41. The van der Waals surface area contributed by atoms with Gasteiger partial charge in [0.05, 0.1) is 28.8 Å². The van der Waals surface area contributed by atoms with Crippen molar-refractivity contribution in [3.63, 3.8) is 0 Å². The van der Waals surface area contributed by atoms with Crippen molar-refractivity contribution in [1.82, 2.24) is 0 Å². The lowest BCUT2D eigenvalue weighted by atomic mass is 10.1. The van der Waals surface area contributed by atoms with Crippen molar-refractivity contribution in [3.8, 4) is 0 Å². The molecule has 0 amide bonds. The molecule has 1 fully saturated rings. The lowest BCUT2D eigenvalue weighted by molar-refractivity contribution is -0.143. The fourth-order valence-electron chi connectivity index (χ4n) is 2.11. The summed E-state index contributed by atoms with van der Waals surface area (Å²) >= 11 is 12.4. The Labute approximate surface area is 144 Å². The first kappa shape index (κ1) is 16.1. The Morgan fingerprint density at radius 2 is 1.87 bits per heavy atom. The van der Waals surface area contributed by atoms with Crippen molar-refractivity contribution in [2.45, 2.75) is 12.5 Å². The van der Waals surface area contributed by atoms with Gasteiger partial charge in [0, 0.05) is 5.69 Å². The van der Waals surface area contributed by atoms with E-state index in [1.807, 2.05) is 24.3 Å². The first-order chi connectivity index (χ1) is 11.1. The van der Waals surface area contributed by atoms with Gasteiger partial charge in [-0.15, -0.1) is 0 Å². The molecule has 1 heterocycles. The average Bonchev–Trinajstić information content (AvgIpc) is 3.35. The zero-order valence-corrected chi connectivity index (χ0v) is 13.7. The van der Waals surface area contributed by atoms with Gasteiger partial charge < -0.3 is 14.8 Å². The predicted molar refractivity (Wildman–Crippen MR) is 90.6 cm³/mol. The average molecular weight is 352 g/mol. The predicted octanol–water partition coefficient (Wildman–Crippen LogP) is 4.22. The van der Waals surface area contributed by atoms with Crippen LogP contribution < -0.4 is 5.32 Å². The molecule has 1 saturated heterocycles. The van der Waals surface area contributed by atoms with Crippen LogP contribution in [0.25, 0.3) is 0 Å². The maximum atomic E-state index is 11.9. The van der Waals surface area contributed by atoms with Gasteiger partial charge in [-0.25, -0.2) is 0 Å². The van der Waals surface area contributed by atoms with E-state index < -0.39 is 0 Å². The molecule has 1 atom stereocenters. The minimum absolute atomic E-state index is 0.0641. The fourth-order valence-corrected chi connectivity index (χ4v) is 2.60. The first-order valence-corrected chi connectivity index (χ1v) is 7.95. The highest BCUT2D eigenvalue weighted by atomic mass is 35.5. The molecule has 120 valence electrons. The van der Waals surface area contributed by atoms with Crippen LogP contribution in [0, 0.1) is 0 Å². The number of ether oxygens (including phenoxy) is 2. The Kier molecular flexibility index (Phi) is 5.06. The number of benzene rings is 2. The Hall–Kier alpha value is -1.75. The second kappa shape index (κ2) is 7.21. The monoisotopic (exact) mass is 351 g/mol. The number of esters is 1. The van der Waals surface area contributed by atoms with Crippen molar-refractivity contribution in [2.24, 2.45) is 0 Å². The number of hydrogen-bond acceptors (Lipinski definition) is 4. The number of carbonyl (C=O) groups excluding carboxylic acids is 1. The number of nitrogens with one attached hydrogen (secondary N) is 1. The zero-order chi connectivity index (χ0) is 16.2. The summed E-state index contributed by atoms with van der Waals surface area (Å²) in [6, 6.07) is 12.8. The number of anilines is 2. The van der Waals surface area contributed by atoms with Gasteiger partial charge in [0.25, 0.3) is 0 Å². The second-order valence-electron chi connectivity index (χ2n) is 5.19. The Morgan fingerprint density at radius 1 is 1.17 bits per heavy atom. The molecule has 0 aromatic heterocycles. The third-order valence-corrected chi connectivity index (χ3v) is 4.04. The molecule has 0 radical (unpaired) electrons. The van der Waals surface area contributed by atoms with Gasteiger partial charge >= 0.3 is 5.97 Å². The number of hydrogen-bond donors (Lipinski definition) is 1. The number of rotatable bonds is 6. The molecule has 0 aliphatic carbocycles. The fraction of sp³-hybridized carbons (Fsp3) is 0.235. The number of halogens is 2. The van der Waals surface area contributed by atoms with E-state index in [1.54, 1.807) is 18.2 Å². The summed E-state index contributed by atoms with van der Waals surface area (Å²) in [6.07, 6.45) is 0.229. The molecule has 0 saturated carbocycles. The summed E-state index contributed by atoms with van der Waals surface area (Å²) in [7, 11) is 0. The van der Waals surface area contributed by atoms with Crippen LogP contribution in [0.2, 0.25) is 10.0 Å². The number of carbonyl (C=O) groups is 1. The highest BCUT2D eigenvalue weighted by Gasteiger charge is 2.24. The molecular formula is C17H15Cl2NO3. The molecule has 1 aliphatic heterocycles. The summed E-state index contributed by atoms with van der Waals surface area (Å²) in [5.74, 6) is -0.292. The van der Waals surface area contributed by atoms with E-state index in [-0.39, 0.29) is 18.5 Å². The number of para-hydroxylation sites is 2. The van der Waals surface area contributed by atoms with Crippen LogP contribution in [0.1, 0.15) is 5.56 Å². The van der Waals surface area contributed by atoms with Gasteiger partial charge in [-0.05, 0) is 23.8 Å². The number of epoxide rings is 1. The van der Waals surface area contributed by atoms with Crippen molar-refractivity contribution >= 4 is 40.5 Å². The minimum Gasteiger partial charge on any atom is -0.463 e. The topological polar surface area (TPSA) is 50.9 Å². The second-order valence-corrected chi connectivity index (χ2v) is 6.01. The molecule has 1 aliphatic rings. The quantitative estimate of drug-likeness (QED) is 0.625. The van der Waals surface area contributed by atoms with Gasteiger partial charge in [0.1, 0.15) is 12.7 Å². The summed E-state index contributed by atoms with van der Waals surface area (Å²) < 4.78 is 10.2.